The highest BCUT2D eigenvalue weighted by molar-refractivity contribution is 6.33. The van der Waals surface area contributed by atoms with Gasteiger partial charge in [0, 0.05) is 6.07 Å². The fourth-order valence-electron chi connectivity index (χ4n) is 2.82. The van der Waals surface area contributed by atoms with E-state index in [1.807, 2.05) is 0 Å². The Balaban J connectivity index is 1.61. The summed E-state index contributed by atoms with van der Waals surface area (Å²) in [5.74, 6) is -0.269. The lowest BCUT2D eigenvalue weighted by molar-refractivity contribution is -0.118. The Bertz CT molecular complexity index is 950. The zero-order valence-corrected chi connectivity index (χ0v) is 13.9. The van der Waals surface area contributed by atoms with E-state index in [2.05, 4.69) is 10.5 Å². The van der Waals surface area contributed by atoms with Crippen LogP contribution in [0.15, 0.2) is 59.1 Å². The number of nitrogens with one attached hydrogen (secondary N) is 1. The molecule has 0 saturated heterocycles. The van der Waals surface area contributed by atoms with E-state index >= 15 is 0 Å². The normalized spacial score (nSPS) is 15.0. The number of hydrogen-bond acceptors (Lipinski definition) is 3. The molecule has 1 aromatic heterocycles. The summed E-state index contributed by atoms with van der Waals surface area (Å²) in [5, 5.41) is 7.33. The predicted octanol–water partition coefficient (Wildman–Crippen LogP) is 4.80. The summed E-state index contributed by atoms with van der Waals surface area (Å²) in [4.78, 5) is 12.7. The van der Waals surface area contributed by atoms with Crippen molar-refractivity contribution in [1.82, 2.24) is 5.16 Å². The van der Waals surface area contributed by atoms with Crippen LogP contribution in [0.2, 0.25) is 5.02 Å². The Kier molecular flexibility index (Phi) is 3.81. The zero-order chi connectivity index (χ0) is 17.4. The van der Waals surface area contributed by atoms with Crippen LogP contribution in [-0.2, 0) is 10.2 Å². The topological polar surface area (TPSA) is 55.1 Å². The Morgan fingerprint density at radius 1 is 1.16 bits per heavy atom. The first-order chi connectivity index (χ1) is 12.1. The highest BCUT2D eigenvalue weighted by atomic mass is 35.5. The molecule has 2 aromatic carbocycles. The van der Waals surface area contributed by atoms with Crippen molar-refractivity contribution in [3.05, 3.63) is 71.1 Å². The van der Waals surface area contributed by atoms with E-state index in [9.17, 15) is 9.18 Å². The van der Waals surface area contributed by atoms with Gasteiger partial charge < -0.3 is 9.84 Å². The van der Waals surface area contributed by atoms with Gasteiger partial charge in [-0.1, -0.05) is 41.0 Å². The molecule has 0 spiro atoms. The van der Waals surface area contributed by atoms with Gasteiger partial charge in [-0.15, -0.1) is 0 Å². The SMILES string of the molecule is O=C(Nc1ccccc1Cl)C1(c2cc(-c3ccccc3F)on2)CC1. The summed E-state index contributed by atoms with van der Waals surface area (Å²) in [6.45, 7) is 0. The van der Waals surface area contributed by atoms with Gasteiger partial charge in [0.25, 0.3) is 0 Å². The fourth-order valence-corrected chi connectivity index (χ4v) is 3.00. The van der Waals surface area contributed by atoms with E-state index in [1.165, 1.54) is 6.07 Å². The summed E-state index contributed by atoms with van der Waals surface area (Å²) in [5.41, 5.74) is 0.642. The van der Waals surface area contributed by atoms with Gasteiger partial charge >= 0.3 is 0 Å². The molecule has 1 heterocycles. The van der Waals surface area contributed by atoms with E-state index in [-0.39, 0.29) is 5.91 Å². The number of anilines is 1. The molecule has 0 aliphatic heterocycles. The smallest absolute Gasteiger partial charge is 0.236 e. The summed E-state index contributed by atoms with van der Waals surface area (Å²) in [6.07, 6.45) is 1.32. The quantitative estimate of drug-likeness (QED) is 0.730. The van der Waals surface area contributed by atoms with Crippen molar-refractivity contribution in [2.45, 2.75) is 18.3 Å². The Hall–Kier alpha value is -2.66. The molecule has 1 aliphatic carbocycles. The third-order valence-electron chi connectivity index (χ3n) is 4.45. The largest absolute Gasteiger partial charge is 0.356 e. The molecule has 4 rings (SSSR count). The third kappa shape index (κ3) is 2.81. The second-order valence-electron chi connectivity index (χ2n) is 6.07. The number of benzene rings is 2. The van der Waals surface area contributed by atoms with Crippen LogP contribution in [-0.4, -0.2) is 11.1 Å². The van der Waals surface area contributed by atoms with Crippen molar-refractivity contribution in [1.29, 1.82) is 0 Å². The second kappa shape index (κ2) is 6.01. The first-order valence-corrected chi connectivity index (χ1v) is 8.26. The third-order valence-corrected chi connectivity index (χ3v) is 4.78. The molecule has 1 saturated carbocycles. The maximum atomic E-state index is 13.9. The molecule has 4 nitrogen and oxygen atoms in total. The van der Waals surface area contributed by atoms with Crippen LogP contribution in [0.1, 0.15) is 18.5 Å². The van der Waals surface area contributed by atoms with E-state index < -0.39 is 11.2 Å². The van der Waals surface area contributed by atoms with Crippen molar-refractivity contribution < 1.29 is 13.7 Å². The summed E-state index contributed by atoms with van der Waals surface area (Å²) in [7, 11) is 0. The number of halogens is 2. The van der Waals surface area contributed by atoms with Gasteiger partial charge in [0.15, 0.2) is 5.76 Å². The van der Waals surface area contributed by atoms with Crippen molar-refractivity contribution in [2.75, 3.05) is 5.32 Å². The standard InChI is InChI=1S/C19H14ClFN2O2/c20-13-6-2-4-8-15(13)22-18(24)19(9-10-19)17-11-16(25-23-17)12-5-1-3-7-14(12)21/h1-8,11H,9-10H2,(H,22,24). The van der Waals surface area contributed by atoms with Crippen molar-refractivity contribution in [3.8, 4) is 11.3 Å². The van der Waals surface area contributed by atoms with Crippen molar-refractivity contribution >= 4 is 23.2 Å². The molecule has 1 amide bonds. The number of amides is 1. The summed E-state index contributed by atoms with van der Waals surface area (Å²) >= 11 is 6.10. The number of carbonyl (C=O) groups is 1. The van der Waals surface area contributed by atoms with Crippen LogP contribution in [0.3, 0.4) is 0 Å². The first-order valence-electron chi connectivity index (χ1n) is 7.88. The van der Waals surface area contributed by atoms with Gasteiger partial charge in [0.2, 0.25) is 5.91 Å². The molecule has 25 heavy (non-hydrogen) atoms. The van der Waals surface area contributed by atoms with E-state index in [4.69, 9.17) is 16.1 Å². The zero-order valence-electron chi connectivity index (χ0n) is 13.1. The molecular weight excluding hydrogens is 343 g/mol. The Labute approximate surface area is 148 Å². The maximum absolute atomic E-state index is 13.9. The lowest BCUT2D eigenvalue weighted by atomic mass is 10.00. The van der Waals surface area contributed by atoms with Crippen LogP contribution in [0.25, 0.3) is 11.3 Å². The van der Waals surface area contributed by atoms with Crippen LogP contribution < -0.4 is 5.32 Å². The van der Waals surface area contributed by atoms with Crippen LogP contribution in [0, 0.1) is 5.82 Å². The number of rotatable bonds is 4. The van der Waals surface area contributed by atoms with Gasteiger partial charge in [-0.2, -0.15) is 0 Å². The number of aromatic nitrogens is 1. The summed E-state index contributed by atoms with van der Waals surface area (Å²) < 4.78 is 19.2. The molecule has 3 aromatic rings. The van der Waals surface area contributed by atoms with E-state index in [0.29, 0.717) is 40.6 Å². The predicted molar refractivity (Wildman–Crippen MR) is 92.9 cm³/mol. The van der Waals surface area contributed by atoms with Crippen molar-refractivity contribution in [2.24, 2.45) is 0 Å². The molecule has 1 N–H and O–H groups in total. The lowest BCUT2D eigenvalue weighted by Crippen LogP contribution is -2.28. The highest BCUT2D eigenvalue weighted by Gasteiger charge is 2.54. The minimum atomic E-state index is -0.744. The fraction of sp³-hybridized carbons (Fsp3) is 0.158. The molecule has 1 fully saturated rings. The van der Waals surface area contributed by atoms with Gasteiger partial charge in [-0.25, -0.2) is 4.39 Å². The molecule has 126 valence electrons. The van der Waals surface area contributed by atoms with Crippen LogP contribution in [0.4, 0.5) is 10.1 Å². The molecule has 6 heteroatoms. The number of carbonyl (C=O) groups excluding carboxylic acids is 1. The number of nitrogens with zero attached hydrogens (tertiary/aromatic N) is 1. The molecule has 0 radical (unpaired) electrons. The molecule has 0 bridgehead atoms. The average Bonchev–Trinajstić information content (AvgIpc) is 3.28. The second-order valence-corrected chi connectivity index (χ2v) is 6.48. The minimum Gasteiger partial charge on any atom is -0.356 e. The molecule has 0 atom stereocenters. The van der Waals surface area contributed by atoms with Gasteiger partial charge in [0.1, 0.15) is 5.82 Å². The first kappa shape index (κ1) is 15.8. The van der Waals surface area contributed by atoms with Crippen LogP contribution in [0.5, 0.6) is 0 Å². The molecular formula is C19H14ClFN2O2. The minimum absolute atomic E-state index is 0.186. The molecule has 1 aliphatic rings. The van der Waals surface area contributed by atoms with Gasteiger partial charge in [-0.3, -0.25) is 4.79 Å². The van der Waals surface area contributed by atoms with Gasteiger partial charge in [-0.05, 0) is 37.1 Å². The molecule has 0 unspecified atom stereocenters. The summed E-state index contributed by atoms with van der Waals surface area (Å²) in [6, 6.07) is 15.0. The maximum Gasteiger partial charge on any atom is 0.236 e. The van der Waals surface area contributed by atoms with Gasteiger partial charge in [0.05, 0.1) is 27.4 Å². The highest BCUT2D eigenvalue weighted by Crippen LogP contribution is 2.49. The van der Waals surface area contributed by atoms with E-state index in [0.717, 1.165) is 0 Å². The van der Waals surface area contributed by atoms with Crippen LogP contribution >= 0.6 is 11.6 Å². The van der Waals surface area contributed by atoms with E-state index in [1.54, 1.807) is 48.5 Å². The Morgan fingerprint density at radius 3 is 2.60 bits per heavy atom. The number of hydrogen-bond donors (Lipinski definition) is 1. The number of para-hydroxylation sites is 1. The average molecular weight is 357 g/mol. The monoisotopic (exact) mass is 356 g/mol. The Morgan fingerprint density at radius 2 is 1.88 bits per heavy atom. The lowest BCUT2D eigenvalue weighted by Gasteiger charge is -2.13. The van der Waals surface area contributed by atoms with Crippen molar-refractivity contribution in [3.63, 3.8) is 0 Å².